The van der Waals surface area contributed by atoms with Gasteiger partial charge in [-0.2, -0.15) is 0 Å². The average molecular weight is 298 g/mol. The molecule has 1 amide bonds. The van der Waals surface area contributed by atoms with Crippen LogP contribution in [-0.2, 0) is 0 Å². The van der Waals surface area contributed by atoms with Crippen LogP contribution in [0.5, 0.6) is 0 Å². The molecule has 4 nitrogen and oxygen atoms in total. The SMILES string of the molecule is CCCNc1ccc(Cl)c(C(=O)N(C)CC(C)CC)n1. The van der Waals surface area contributed by atoms with Crippen molar-refractivity contribution in [2.75, 3.05) is 25.5 Å². The minimum absolute atomic E-state index is 0.129. The number of carbonyl (C=O) groups excluding carboxylic acids is 1. The van der Waals surface area contributed by atoms with Crippen molar-refractivity contribution in [1.29, 1.82) is 0 Å². The van der Waals surface area contributed by atoms with Crippen molar-refractivity contribution < 1.29 is 4.79 Å². The number of amides is 1. The van der Waals surface area contributed by atoms with Gasteiger partial charge in [-0.05, 0) is 24.5 Å². The molecule has 0 fully saturated rings. The van der Waals surface area contributed by atoms with Gasteiger partial charge in [0.2, 0.25) is 0 Å². The summed E-state index contributed by atoms with van der Waals surface area (Å²) >= 11 is 6.10. The molecule has 0 aliphatic carbocycles. The van der Waals surface area contributed by atoms with Gasteiger partial charge in [-0.3, -0.25) is 4.79 Å². The summed E-state index contributed by atoms with van der Waals surface area (Å²) in [7, 11) is 1.79. The van der Waals surface area contributed by atoms with Crippen LogP contribution >= 0.6 is 11.6 Å². The number of hydrogen-bond donors (Lipinski definition) is 1. The fraction of sp³-hybridized carbons (Fsp3) is 0.600. The largest absolute Gasteiger partial charge is 0.370 e. The number of carbonyl (C=O) groups is 1. The molecule has 0 saturated heterocycles. The van der Waals surface area contributed by atoms with E-state index in [0.29, 0.717) is 29.0 Å². The molecule has 1 heterocycles. The number of hydrogen-bond acceptors (Lipinski definition) is 3. The molecule has 5 heteroatoms. The van der Waals surface area contributed by atoms with Crippen molar-refractivity contribution in [2.24, 2.45) is 5.92 Å². The van der Waals surface area contributed by atoms with Crippen LogP contribution in [0.25, 0.3) is 0 Å². The summed E-state index contributed by atoms with van der Waals surface area (Å²) in [4.78, 5) is 18.4. The Bertz CT molecular complexity index is 451. The van der Waals surface area contributed by atoms with Gasteiger partial charge in [0.25, 0.3) is 5.91 Å². The monoisotopic (exact) mass is 297 g/mol. The Hall–Kier alpha value is -1.29. The minimum Gasteiger partial charge on any atom is -0.370 e. The Morgan fingerprint density at radius 3 is 2.75 bits per heavy atom. The first-order valence-electron chi connectivity index (χ1n) is 7.15. The molecule has 0 aromatic carbocycles. The molecule has 1 rings (SSSR count). The van der Waals surface area contributed by atoms with Gasteiger partial charge in [-0.15, -0.1) is 0 Å². The molecular weight excluding hydrogens is 274 g/mol. The zero-order valence-electron chi connectivity index (χ0n) is 12.7. The summed E-state index contributed by atoms with van der Waals surface area (Å²) in [5, 5.41) is 3.56. The summed E-state index contributed by atoms with van der Waals surface area (Å²) < 4.78 is 0. The predicted molar refractivity (Wildman–Crippen MR) is 84.4 cm³/mol. The molecule has 0 bridgehead atoms. The fourth-order valence-electron chi connectivity index (χ4n) is 1.80. The Morgan fingerprint density at radius 2 is 2.15 bits per heavy atom. The van der Waals surface area contributed by atoms with E-state index in [1.165, 1.54) is 0 Å². The van der Waals surface area contributed by atoms with E-state index < -0.39 is 0 Å². The van der Waals surface area contributed by atoms with E-state index in [0.717, 1.165) is 19.4 Å². The second-order valence-corrected chi connectivity index (χ2v) is 5.56. The van der Waals surface area contributed by atoms with Gasteiger partial charge in [-0.25, -0.2) is 4.98 Å². The molecule has 0 radical (unpaired) electrons. The van der Waals surface area contributed by atoms with Gasteiger partial charge < -0.3 is 10.2 Å². The standard InChI is InChI=1S/C15H24ClN3O/c1-5-9-17-13-8-7-12(16)14(18-13)15(20)19(4)10-11(3)6-2/h7-8,11H,5-6,9-10H2,1-4H3,(H,17,18). The normalized spacial score (nSPS) is 12.1. The third-order valence-electron chi connectivity index (χ3n) is 3.23. The Kier molecular flexibility index (Phi) is 6.79. The zero-order chi connectivity index (χ0) is 15.1. The highest BCUT2D eigenvalue weighted by atomic mass is 35.5. The maximum atomic E-state index is 12.4. The van der Waals surface area contributed by atoms with Crippen LogP contribution in [0.4, 0.5) is 5.82 Å². The van der Waals surface area contributed by atoms with Crippen molar-refractivity contribution in [1.82, 2.24) is 9.88 Å². The lowest BCUT2D eigenvalue weighted by molar-refractivity contribution is 0.0769. The third-order valence-corrected chi connectivity index (χ3v) is 3.54. The molecule has 1 unspecified atom stereocenters. The van der Waals surface area contributed by atoms with E-state index in [9.17, 15) is 4.79 Å². The van der Waals surface area contributed by atoms with Crippen LogP contribution in [0.15, 0.2) is 12.1 Å². The number of aromatic nitrogens is 1. The van der Waals surface area contributed by atoms with Crippen molar-refractivity contribution in [3.63, 3.8) is 0 Å². The molecule has 20 heavy (non-hydrogen) atoms. The number of anilines is 1. The third kappa shape index (κ3) is 4.67. The van der Waals surface area contributed by atoms with E-state index in [1.807, 2.05) is 0 Å². The minimum atomic E-state index is -0.129. The second-order valence-electron chi connectivity index (χ2n) is 5.15. The maximum Gasteiger partial charge on any atom is 0.273 e. The number of halogens is 1. The zero-order valence-corrected chi connectivity index (χ0v) is 13.5. The van der Waals surface area contributed by atoms with E-state index in [1.54, 1.807) is 24.1 Å². The van der Waals surface area contributed by atoms with Crippen molar-refractivity contribution in [2.45, 2.75) is 33.6 Å². The molecule has 0 aliphatic heterocycles. The lowest BCUT2D eigenvalue weighted by Gasteiger charge is -2.21. The first-order valence-corrected chi connectivity index (χ1v) is 7.53. The number of nitrogens with zero attached hydrogens (tertiary/aromatic N) is 2. The Balaban J connectivity index is 2.85. The van der Waals surface area contributed by atoms with Crippen LogP contribution in [0.2, 0.25) is 5.02 Å². The lowest BCUT2D eigenvalue weighted by atomic mass is 10.1. The highest BCUT2D eigenvalue weighted by Crippen LogP contribution is 2.19. The number of pyridine rings is 1. The molecule has 1 aromatic rings. The van der Waals surface area contributed by atoms with E-state index in [4.69, 9.17) is 11.6 Å². The molecule has 0 saturated carbocycles. The maximum absolute atomic E-state index is 12.4. The van der Waals surface area contributed by atoms with Crippen LogP contribution < -0.4 is 5.32 Å². The molecule has 1 N–H and O–H groups in total. The molecular formula is C15H24ClN3O. The molecule has 0 aliphatic rings. The van der Waals surface area contributed by atoms with Crippen LogP contribution in [-0.4, -0.2) is 35.9 Å². The quantitative estimate of drug-likeness (QED) is 0.835. The van der Waals surface area contributed by atoms with Crippen LogP contribution in [0.1, 0.15) is 44.1 Å². The first kappa shape index (κ1) is 16.8. The summed E-state index contributed by atoms with van der Waals surface area (Å²) in [5.41, 5.74) is 0.318. The highest BCUT2D eigenvalue weighted by Gasteiger charge is 2.18. The van der Waals surface area contributed by atoms with E-state index in [-0.39, 0.29) is 5.91 Å². The molecule has 112 valence electrons. The number of rotatable bonds is 7. The fourth-order valence-corrected chi connectivity index (χ4v) is 1.99. The second kappa shape index (κ2) is 8.10. The van der Waals surface area contributed by atoms with Gasteiger partial charge in [0.1, 0.15) is 11.5 Å². The summed E-state index contributed by atoms with van der Waals surface area (Å²) in [6.45, 7) is 7.85. The van der Waals surface area contributed by atoms with Crippen LogP contribution in [0, 0.1) is 5.92 Å². The van der Waals surface area contributed by atoms with Gasteiger partial charge in [0, 0.05) is 20.1 Å². The van der Waals surface area contributed by atoms with Gasteiger partial charge in [0.15, 0.2) is 0 Å². The summed E-state index contributed by atoms with van der Waals surface area (Å²) in [6, 6.07) is 3.51. The van der Waals surface area contributed by atoms with Gasteiger partial charge in [0.05, 0.1) is 5.02 Å². The molecule has 1 aromatic heterocycles. The molecule has 1 atom stereocenters. The summed E-state index contributed by atoms with van der Waals surface area (Å²) in [5.74, 6) is 1.02. The molecule has 0 spiro atoms. The first-order chi connectivity index (χ1) is 9.49. The van der Waals surface area contributed by atoms with Crippen LogP contribution in [0.3, 0.4) is 0 Å². The topological polar surface area (TPSA) is 45.2 Å². The average Bonchev–Trinajstić information content (AvgIpc) is 2.45. The van der Waals surface area contributed by atoms with Crippen molar-refractivity contribution in [3.8, 4) is 0 Å². The van der Waals surface area contributed by atoms with Gasteiger partial charge in [-0.1, -0.05) is 38.8 Å². The van der Waals surface area contributed by atoms with E-state index in [2.05, 4.69) is 31.1 Å². The predicted octanol–water partition coefficient (Wildman–Crippen LogP) is 3.68. The Labute approximate surface area is 126 Å². The lowest BCUT2D eigenvalue weighted by Crippen LogP contribution is -2.31. The highest BCUT2D eigenvalue weighted by molar-refractivity contribution is 6.33. The Morgan fingerprint density at radius 1 is 1.45 bits per heavy atom. The summed E-state index contributed by atoms with van der Waals surface area (Å²) in [6.07, 6.45) is 2.04. The van der Waals surface area contributed by atoms with Crippen molar-refractivity contribution in [3.05, 3.63) is 22.8 Å². The van der Waals surface area contributed by atoms with Gasteiger partial charge >= 0.3 is 0 Å². The number of nitrogens with one attached hydrogen (secondary N) is 1. The van der Waals surface area contributed by atoms with E-state index >= 15 is 0 Å². The van der Waals surface area contributed by atoms with Crippen molar-refractivity contribution >= 4 is 23.3 Å². The smallest absolute Gasteiger partial charge is 0.273 e.